The summed E-state index contributed by atoms with van der Waals surface area (Å²) in [6.45, 7) is 8.26. The molecule has 3 rings (SSSR count). The lowest BCUT2D eigenvalue weighted by Gasteiger charge is -2.19. The van der Waals surface area contributed by atoms with Gasteiger partial charge in [-0.1, -0.05) is 51.1 Å². The lowest BCUT2D eigenvalue weighted by molar-refractivity contribution is -0.118. The Morgan fingerprint density at radius 3 is 1.97 bits per heavy atom. The fourth-order valence-corrected chi connectivity index (χ4v) is 3.06. The summed E-state index contributed by atoms with van der Waals surface area (Å²) in [6, 6.07) is 22.2. The van der Waals surface area contributed by atoms with Gasteiger partial charge in [0.15, 0.2) is 6.61 Å². The molecular formula is C26H28N2O3. The molecule has 0 saturated carbocycles. The van der Waals surface area contributed by atoms with Gasteiger partial charge in [-0.2, -0.15) is 0 Å². The number of rotatable bonds is 6. The van der Waals surface area contributed by atoms with Gasteiger partial charge >= 0.3 is 0 Å². The Morgan fingerprint density at radius 2 is 1.39 bits per heavy atom. The summed E-state index contributed by atoms with van der Waals surface area (Å²) in [5.74, 6) is 0.231. The number of carbonyl (C=O) groups excluding carboxylic acids is 2. The van der Waals surface area contributed by atoms with Crippen molar-refractivity contribution in [3.63, 3.8) is 0 Å². The van der Waals surface area contributed by atoms with Crippen molar-refractivity contribution in [2.75, 3.05) is 17.2 Å². The van der Waals surface area contributed by atoms with Crippen LogP contribution in [0.4, 0.5) is 11.4 Å². The van der Waals surface area contributed by atoms with Gasteiger partial charge in [-0.15, -0.1) is 0 Å². The summed E-state index contributed by atoms with van der Waals surface area (Å²) in [5.41, 5.74) is 4.11. The zero-order valence-electron chi connectivity index (χ0n) is 18.4. The number of ether oxygens (including phenoxy) is 1. The zero-order valence-corrected chi connectivity index (χ0v) is 18.4. The number of anilines is 2. The first-order chi connectivity index (χ1) is 14.7. The van der Waals surface area contributed by atoms with Crippen LogP contribution in [0, 0.1) is 6.92 Å². The van der Waals surface area contributed by atoms with Crippen LogP contribution in [0.25, 0.3) is 0 Å². The molecule has 0 unspecified atom stereocenters. The Labute approximate surface area is 183 Å². The highest BCUT2D eigenvalue weighted by molar-refractivity contribution is 6.05. The Hall–Kier alpha value is -3.60. The van der Waals surface area contributed by atoms with Gasteiger partial charge < -0.3 is 15.4 Å². The minimum atomic E-state index is -0.253. The molecule has 0 aromatic heterocycles. The van der Waals surface area contributed by atoms with E-state index in [-0.39, 0.29) is 23.8 Å². The maximum Gasteiger partial charge on any atom is 0.262 e. The van der Waals surface area contributed by atoms with Crippen molar-refractivity contribution < 1.29 is 14.3 Å². The first-order valence-electron chi connectivity index (χ1n) is 10.2. The van der Waals surface area contributed by atoms with E-state index >= 15 is 0 Å². The second kappa shape index (κ2) is 9.47. The molecule has 0 aliphatic carbocycles. The van der Waals surface area contributed by atoms with Gasteiger partial charge in [0, 0.05) is 16.9 Å². The van der Waals surface area contributed by atoms with Crippen LogP contribution in [0.2, 0.25) is 0 Å². The highest BCUT2D eigenvalue weighted by Crippen LogP contribution is 2.24. The Balaban J connectivity index is 1.51. The quantitative estimate of drug-likeness (QED) is 0.553. The van der Waals surface area contributed by atoms with Crippen molar-refractivity contribution in [2.24, 2.45) is 0 Å². The third kappa shape index (κ3) is 6.19. The average molecular weight is 417 g/mol. The molecule has 2 N–H and O–H groups in total. The number of nitrogens with one attached hydrogen (secondary N) is 2. The molecule has 0 aliphatic heterocycles. The van der Waals surface area contributed by atoms with Crippen LogP contribution >= 0.6 is 0 Å². The molecule has 5 nitrogen and oxygen atoms in total. The molecule has 3 aromatic carbocycles. The Morgan fingerprint density at radius 1 is 0.806 bits per heavy atom. The van der Waals surface area contributed by atoms with E-state index in [4.69, 9.17) is 4.74 Å². The predicted octanol–water partition coefficient (Wildman–Crippen LogP) is 5.56. The van der Waals surface area contributed by atoms with Crippen LogP contribution in [0.1, 0.15) is 42.3 Å². The third-order valence-electron chi connectivity index (χ3n) is 4.91. The number of carbonyl (C=O) groups is 2. The molecule has 31 heavy (non-hydrogen) atoms. The molecule has 0 fully saturated rings. The van der Waals surface area contributed by atoms with E-state index in [2.05, 4.69) is 31.4 Å². The predicted molar refractivity (Wildman–Crippen MR) is 125 cm³/mol. The number of amides is 2. The lowest BCUT2D eigenvalue weighted by atomic mass is 9.87. The number of hydrogen-bond acceptors (Lipinski definition) is 3. The van der Waals surface area contributed by atoms with E-state index in [0.717, 1.165) is 5.56 Å². The van der Waals surface area contributed by atoms with Gasteiger partial charge in [0.1, 0.15) is 5.75 Å². The summed E-state index contributed by atoms with van der Waals surface area (Å²) in [7, 11) is 0. The van der Waals surface area contributed by atoms with Gasteiger partial charge in [0.05, 0.1) is 0 Å². The van der Waals surface area contributed by atoms with Gasteiger partial charge in [0.25, 0.3) is 11.8 Å². The lowest BCUT2D eigenvalue weighted by Crippen LogP contribution is -2.20. The van der Waals surface area contributed by atoms with Crippen LogP contribution in [0.5, 0.6) is 5.75 Å². The second-order valence-electron chi connectivity index (χ2n) is 8.46. The zero-order chi connectivity index (χ0) is 22.4. The first kappa shape index (κ1) is 22.1. The number of aryl methyl sites for hydroxylation is 1. The molecule has 5 heteroatoms. The molecule has 2 amide bonds. The minimum Gasteiger partial charge on any atom is -0.484 e. The summed E-state index contributed by atoms with van der Waals surface area (Å²) in [4.78, 5) is 24.6. The molecular weight excluding hydrogens is 388 g/mol. The fourth-order valence-electron chi connectivity index (χ4n) is 3.06. The van der Waals surface area contributed by atoms with Crippen LogP contribution in [-0.4, -0.2) is 18.4 Å². The van der Waals surface area contributed by atoms with Crippen molar-refractivity contribution in [2.45, 2.75) is 33.1 Å². The molecule has 0 spiro atoms. The minimum absolute atomic E-state index is 0.0709. The van der Waals surface area contributed by atoms with Gasteiger partial charge in [-0.25, -0.2) is 0 Å². The van der Waals surface area contributed by atoms with Gasteiger partial charge in [-0.3, -0.25) is 9.59 Å². The standard InChI is InChI=1S/C26H28N2O3/c1-18-7-5-6-8-23(18)25(30)28-21-13-11-20(12-14-21)27-24(29)17-31-22-15-9-19(10-16-22)26(2,3)4/h5-16H,17H2,1-4H3,(H,27,29)(H,28,30). The molecule has 0 saturated heterocycles. The van der Waals surface area contributed by atoms with Gasteiger partial charge in [-0.05, 0) is 65.9 Å². The monoisotopic (exact) mass is 416 g/mol. The third-order valence-corrected chi connectivity index (χ3v) is 4.91. The average Bonchev–Trinajstić information content (AvgIpc) is 2.73. The summed E-state index contributed by atoms with van der Waals surface area (Å²) < 4.78 is 5.58. The Kier molecular flexibility index (Phi) is 6.75. The van der Waals surface area contributed by atoms with E-state index in [1.54, 1.807) is 30.3 Å². The molecule has 160 valence electrons. The molecule has 3 aromatic rings. The summed E-state index contributed by atoms with van der Waals surface area (Å²) >= 11 is 0. The topological polar surface area (TPSA) is 67.4 Å². The molecule has 0 heterocycles. The maximum atomic E-state index is 12.4. The highest BCUT2D eigenvalue weighted by atomic mass is 16.5. The van der Waals surface area contributed by atoms with Crippen molar-refractivity contribution in [1.29, 1.82) is 0 Å². The summed E-state index contributed by atoms with van der Waals surface area (Å²) in [5, 5.41) is 5.66. The second-order valence-corrected chi connectivity index (χ2v) is 8.46. The van der Waals surface area contributed by atoms with Crippen LogP contribution < -0.4 is 15.4 Å². The van der Waals surface area contributed by atoms with Crippen molar-refractivity contribution >= 4 is 23.2 Å². The molecule has 0 atom stereocenters. The smallest absolute Gasteiger partial charge is 0.262 e. The van der Waals surface area contributed by atoms with Crippen LogP contribution in [0.15, 0.2) is 72.8 Å². The van der Waals surface area contributed by atoms with E-state index in [9.17, 15) is 9.59 Å². The molecule has 0 bridgehead atoms. The van der Waals surface area contributed by atoms with E-state index < -0.39 is 0 Å². The van der Waals surface area contributed by atoms with E-state index in [0.29, 0.717) is 22.7 Å². The van der Waals surface area contributed by atoms with Crippen molar-refractivity contribution in [3.8, 4) is 5.75 Å². The highest BCUT2D eigenvalue weighted by Gasteiger charge is 2.13. The molecule has 0 radical (unpaired) electrons. The van der Waals surface area contributed by atoms with Crippen molar-refractivity contribution in [1.82, 2.24) is 0 Å². The van der Waals surface area contributed by atoms with E-state index in [1.165, 1.54) is 5.56 Å². The largest absolute Gasteiger partial charge is 0.484 e. The normalized spacial score (nSPS) is 11.0. The van der Waals surface area contributed by atoms with Gasteiger partial charge in [0.2, 0.25) is 0 Å². The first-order valence-corrected chi connectivity index (χ1v) is 10.2. The van der Waals surface area contributed by atoms with Crippen LogP contribution in [0.3, 0.4) is 0 Å². The number of benzene rings is 3. The van der Waals surface area contributed by atoms with E-state index in [1.807, 2.05) is 49.4 Å². The molecule has 0 aliphatic rings. The van der Waals surface area contributed by atoms with Crippen molar-refractivity contribution in [3.05, 3.63) is 89.5 Å². The SMILES string of the molecule is Cc1ccccc1C(=O)Nc1ccc(NC(=O)COc2ccc(C(C)(C)C)cc2)cc1. The van der Waals surface area contributed by atoms with Crippen LogP contribution in [-0.2, 0) is 10.2 Å². The fraction of sp³-hybridized carbons (Fsp3) is 0.231. The Bertz CT molecular complexity index is 1050. The maximum absolute atomic E-state index is 12.4. The number of hydrogen-bond donors (Lipinski definition) is 2. The summed E-state index contributed by atoms with van der Waals surface area (Å²) in [6.07, 6.45) is 0.